The maximum Gasteiger partial charge on any atom is 0.273 e. The molecule has 2 heterocycles. The quantitative estimate of drug-likeness (QED) is 0.579. The van der Waals surface area contributed by atoms with Gasteiger partial charge in [0.15, 0.2) is 6.67 Å². The molecular weight excluding hydrogens is 398 g/mol. The first kappa shape index (κ1) is 19.8. The van der Waals surface area contributed by atoms with Crippen LogP contribution in [-0.2, 0) is 9.59 Å². The molecule has 4 rings (SSSR count). The number of aromatic nitrogens is 1. The zero-order valence-electron chi connectivity index (χ0n) is 16.7. The second kappa shape index (κ2) is 8.46. The molecule has 3 aromatic rings. The first-order valence-electron chi connectivity index (χ1n) is 9.49. The van der Waals surface area contributed by atoms with Crippen molar-refractivity contribution in [3.8, 4) is 0 Å². The fourth-order valence-electron chi connectivity index (χ4n) is 3.29. The molecule has 2 aromatic carbocycles. The van der Waals surface area contributed by atoms with Crippen LogP contribution < -0.4 is 25.8 Å². The lowest BCUT2D eigenvalue weighted by atomic mass is 10.2. The van der Waals surface area contributed by atoms with E-state index in [9.17, 15) is 9.59 Å². The van der Waals surface area contributed by atoms with Crippen LogP contribution in [0.4, 0.5) is 28.6 Å². The third-order valence-corrected chi connectivity index (χ3v) is 5.59. The van der Waals surface area contributed by atoms with Gasteiger partial charge in [-0.1, -0.05) is 17.8 Å². The van der Waals surface area contributed by atoms with Crippen LogP contribution in [0.25, 0.3) is 0 Å². The Hall–Kier alpha value is -3.52. The lowest BCUT2D eigenvalue weighted by molar-refractivity contribution is -0.361. The van der Waals surface area contributed by atoms with Crippen molar-refractivity contribution in [3.63, 3.8) is 0 Å². The molecular formula is C22H22N5O2S+. The number of aromatic amines is 1. The average molecular weight is 421 g/mol. The van der Waals surface area contributed by atoms with Crippen molar-refractivity contribution < 1.29 is 14.6 Å². The Balaban J connectivity index is 1.70. The van der Waals surface area contributed by atoms with Gasteiger partial charge in [0.1, 0.15) is 0 Å². The normalized spacial score (nSPS) is 11.9. The number of nitrogens with zero attached hydrogens (tertiary/aromatic N) is 1. The van der Waals surface area contributed by atoms with Gasteiger partial charge in [-0.2, -0.15) is 0 Å². The summed E-state index contributed by atoms with van der Waals surface area (Å²) in [6, 6.07) is 17.6. The van der Waals surface area contributed by atoms with Gasteiger partial charge < -0.3 is 15.5 Å². The van der Waals surface area contributed by atoms with Gasteiger partial charge in [-0.15, -0.1) is 0 Å². The van der Waals surface area contributed by atoms with Gasteiger partial charge in [0, 0.05) is 41.1 Å². The second-order valence-corrected chi connectivity index (χ2v) is 7.95. The highest BCUT2D eigenvalue weighted by molar-refractivity contribution is 7.99. The van der Waals surface area contributed by atoms with Gasteiger partial charge in [-0.25, -0.2) is 4.98 Å². The van der Waals surface area contributed by atoms with Gasteiger partial charge in [0.25, 0.3) is 5.82 Å². The van der Waals surface area contributed by atoms with E-state index in [4.69, 9.17) is 0 Å². The zero-order chi connectivity index (χ0) is 21.1. The predicted molar refractivity (Wildman–Crippen MR) is 119 cm³/mol. The summed E-state index contributed by atoms with van der Waals surface area (Å²) in [7, 11) is 0. The molecule has 1 aliphatic rings. The van der Waals surface area contributed by atoms with Crippen LogP contribution in [0.5, 0.6) is 0 Å². The predicted octanol–water partition coefficient (Wildman–Crippen LogP) is 4.09. The molecule has 0 unspecified atom stereocenters. The summed E-state index contributed by atoms with van der Waals surface area (Å²) in [5.41, 5.74) is 3.58. The molecule has 1 aliphatic heterocycles. The molecule has 152 valence electrons. The van der Waals surface area contributed by atoms with Crippen LogP contribution in [-0.4, -0.2) is 18.5 Å². The topological polar surface area (TPSA) is 87.6 Å². The van der Waals surface area contributed by atoms with Gasteiger partial charge in [0.05, 0.1) is 17.6 Å². The molecule has 7 nitrogen and oxygen atoms in total. The molecule has 4 N–H and O–H groups in total. The highest BCUT2D eigenvalue weighted by Crippen LogP contribution is 2.49. The van der Waals surface area contributed by atoms with Crippen molar-refractivity contribution in [1.82, 2.24) is 0 Å². The number of pyridine rings is 1. The molecule has 0 aliphatic carbocycles. The Labute approximate surface area is 178 Å². The van der Waals surface area contributed by atoms with Crippen LogP contribution in [0.3, 0.4) is 0 Å². The van der Waals surface area contributed by atoms with Crippen LogP contribution in [0, 0.1) is 0 Å². The molecule has 30 heavy (non-hydrogen) atoms. The van der Waals surface area contributed by atoms with E-state index in [1.165, 1.54) is 13.8 Å². The largest absolute Gasteiger partial charge is 0.326 e. The minimum Gasteiger partial charge on any atom is -0.326 e. The number of carbonyl (C=O) groups excluding carboxylic acids is 2. The third-order valence-electron chi connectivity index (χ3n) is 4.50. The number of hydrogen-bond donors (Lipinski definition) is 3. The summed E-state index contributed by atoms with van der Waals surface area (Å²) in [5.74, 6) is 0.688. The molecule has 0 fully saturated rings. The van der Waals surface area contributed by atoms with E-state index in [0.717, 1.165) is 38.4 Å². The minimum atomic E-state index is -0.109. The number of anilines is 5. The molecule has 0 bridgehead atoms. The summed E-state index contributed by atoms with van der Waals surface area (Å²) < 4.78 is 0. The Bertz CT molecular complexity index is 1040. The molecule has 0 saturated heterocycles. The molecule has 0 radical (unpaired) electrons. The Morgan fingerprint density at radius 2 is 1.50 bits per heavy atom. The van der Waals surface area contributed by atoms with E-state index in [0.29, 0.717) is 6.67 Å². The number of amides is 2. The number of carbonyl (C=O) groups is 2. The number of nitrogens with one attached hydrogen (secondary N) is 4. The zero-order valence-corrected chi connectivity index (χ0v) is 17.5. The SMILES string of the molecule is CC(=O)Nc1ccc2c(c1)Sc1cc(NC(C)=O)ccc1N2CNc1cccc[nH+]1. The van der Waals surface area contributed by atoms with Crippen molar-refractivity contribution >= 4 is 52.1 Å². The highest BCUT2D eigenvalue weighted by atomic mass is 32.2. The Morgan fingerprint density at radius 1 is 0.900 bits per heavy atom. The van der Waals surface area contributed by atoms with E-state index < -0.39 is 0 Å². The maximum absolute atomic E-state index is 11.5. The summed E-state index contributed by atoms with van der Waals surface area (Å²) in [6.45, 7) is 3.53. The number of H-pyrrole nitrogens is 1. The summed E-state index contributed by atoms with van der Waals surface area (Å²) >= 11 is 1.61. The fraction of sp³-hybridized carbons (Fsp3) is 0.136. The number of benzene rings is 2. The lowest BCUT2D eigenvalue weighted by Crippen LogP contribution is -2.29. The van der Waals surface area contributed by atoms with Crippen molar-refractivity contribution in [3.05, 3.63) is 60.8 Å². The van der Waals surface area contributed by atoms with Crippen LogP contribution >= 0.6 is 11.8 Å². The molecule has 0 atom stereocenters. The smallest absolute Gasteiger partial charge is 0.273 e. The van der Waals surface area contributed by atoms with Crippen molar-refractivity contribution in [1.29, 1.82) is 0 Å². The maximum atomic E-state index is 11.5. The number of hydrogen-bond acceptors (Lipinski definition) is 5. The summed E-state index contributed by atoms with van der Waals surface area (Å²) in [4.78, 5) is 30.3. The van der Waals surface area contributed by atoms with Crippen molar-refractivity contribution in [2.75, 3.05) is 27.5 Å². The lowest BCUT2D eigenvalue weighted by Gasteiger charge is -2.32. The fourth-order valence-corrected chi connectivity index (χ4v) is 4.46. The van der Waals surface area contributed by atoms with Crippen LogP contribution in [0.1, 0.15) is 13.8 Å². The van der Waals surface area contributed by atoms with Gasteiger partial charge >= 0.3 is 0 Å². The van der Waals surface area contributed by atoms with Gasteiger partial charge in [-0.3, -0.25) is 14.9 Å². The minimum absolute atomic E-state index is 0.109. The standard InChI is InChI=1S/C22H21N5O2S/c1-14(28)25-16-6-8-18-20(11-16)30-21-12-17(26-15(2)29)7-9-19(21)27(18)13-24-22-5-3-4-10-23-22/h3-12H,13H2,1-2H3,(H,23,24)(H,25,28)(H,26,29)/p+1. The first-order valence-corrected chi connectivity index (χ1v) is 10.3. The molecule has 0 spiro atoms. The molecule has 8 heteroatoms. The van der Waals surface area contributed by atoms with E-state index in [1.54, 1.807) is 11.8 Å². The van der Waals surface area contributed by atoms with Crippen LogP contribution in [0.2, 0.25) is 0 Å². The Morgan fingerprint density at radius 3 is 2.00 bits per heavy atom. The molecule has 0 saturated carbocycles. The number of fused-ring (bicyclic) bond motifs is 2. The van der Waals surface area contributed by atoms with E-state index in [-0.39, 0.29) is 11.8 Å². The Kier molecular flexibility index (Phi) is 5.58. The van der Waals surface area contributed by atoms with Gasteiger partial charge in [-0.05, 0) is 42.5 Å². The summed E-state index contributed by atoms with van der Waals surface area (Å²) in [5, 5.41) is 9.09. The molecule has 1 aromatic heterocycles. The van der Waals surface area contributed by atoms with Crippen molar-refractivity contribution in [2.24, 2.45) is 0 Å². The summed E-state index contributed by atoms with van der Waals surface area (Å²) in [6.07, 6.45) is 1.87. The average Bonchev–Trinajstić information content (AvgIpc) is 2.70. The molecule has 2 amide bonds. The van der Waals surface area contributed by atoms with E-state index >= 15 is 0 Å². The monoisotopic (exact) mass is 420 g/mol. The van der Waals surface area contributed by atoms with E-state index in [1.807, 2.05) is 60.8 Å². The third kappa shape index (κ3) is 4.38. The van der Waals surface area contributed by atoms with Crippen LogP contribution in [0.15, 0.2) is 70.6 Å². The number of rotatable bonds is 5. The van der Waals surface area contributed by atoms with Crippen molar-refractivity contribution in [2.45, 2.75) is 23.6 Å². The second-order valence-electron chi connectivity index (χ2n) is 6.87. The van der Waals surface area contributed by atoms with Gasteiger partial charge in [0.2, 0.25) is 11.8 Å². The first-order chi connectivity index (χ1) is 14.5. The highest BCUT2D eigenvalue weighted by Gasteiger charge is 2.25. The van der Waals surface area contributed by atoms with E-state index in [2.05, 4.69) is 25.8 Å².